The highest BCUT2D eigenvalue weighted by Crippen LogP contribution is 2.40. The highest BCUT2D eigenvalue weighted by molar-refractivity contribution is 5.32. The summed E-state index contributed by atoms with van der Waals surface area (Å²) in [5, 5.41) is 9.62. The van der Waals surface area contributed by atoms with Gasteiger partial charge in [-0.1, -0.05) is 37.1 Å². The van der Waals surface area contributed by atoms with Gasteiger partial charge < -0.3 is 10.8 Å². The molecule has 0 saturated heterocycles. The summed E-state index contributed by atoms with van der Waals surface area (Å²) in [6.07, 6.45) is 4.53. The highest BCUT2D eigenvalue weighted by Gasteiger charge is 2.34. The van der Waals surface area contributed by atoms with E-state index in [1.54, 1.807) is 0 Å². The van der Waals surface area contributed by atoms with Crippen LogP contribution in [-0.2, 0) is 5.41 Å². The van der Waals surface area contributed by atoms with Gasteiger partial charge in [-0.25, -0.2) is 0 Å². The molecule has 3 N–H and O–H groups in total. The van der Waals surface area contributed by atoms with E-state index < -0.39 is 6.10 Å². The molecule has 0 amide bonds. The van der Waals surface area contributed by atoms with Crippen molar-refractivity contribution in [2.45, 2.75) is 44.1 Å². The summed E-state index contributed by atoms with van der Waals surface area (Å²) >= 11 is 0. The molecule has 1 fully saturated rings. The van der Waals surface area contributed by atoms with Crippen molar-refractivity contribution in [2.24, 2.45) is 5.73 Å². The lowest BCUT2D eigenvalue weighted by Crippen LogP contribution is -2.32. The van der Waals surface area contributed by atoms with Crippen LogP contribution in [0.3, 0.4) is 0 Å². The molecule has 1 unspecified atom stereocenters. The Morgan fingerprint density at radius 2 is 2.06 bits per heavy atom. The number of nitrogens with two attached hydrogens (primary N) is 1. The Balaban J connectivity index is 2.35. The Bertz CT molecular complexity index is 354. The van der Waals surface area contributed by atoms with E-state index in [2.05, 4.69) is 12.1 Å². The van der Waals surface area contributed by atoms with E-state index in [-0.39, 0.29) is 5.41 Å². The van der Waals surface area contributed by atoms with Gasteiger partial charge in [0.2, 0.25) is 0 Å². The standard InChI is InChI=1S/C14H21NO/c1-11(16)12-5-4-6-13(9-12)14(10-15)7-2-3-8-14/h4-6,9,11,16H,2-3,7-8,10,15H2,1H3. The van der Waals surface area contributed by atoms with Crippen molar-refractivity contribution in [2.75, 3.05) is 6.54 Å². The fourth-order valence-electron chi connectivity index (χ4n) is 2.79. The van der Waals surface area contributed by atoms with Gasteiger partial charge in [0.05, 0.1) is 6.10 Å². The summed E-state index contributed by atoms with van der Waals surface area (Å²) in [6, 6.07) is 8.30. The predicted molar refractivity (Wildman–Crippen MR) is 66.3 cm³/mol. The number of aliphatic hydroxyl groups is 1. The van der Waals surface area contributed by atoms with E-state index in [9.17, 15) is 5.11 Å². The molecule has 0 heterocycles. The molecule has 2 nitrogen and oxygen atoms in total. The maximum absolute atomic E-state index is 9.62. The molecular weight excluding hydrogens is 198 g/mol. The summed E-state index contributed by atoms with van der Waals surface area (Å²) in [4.78, 5) is 0. The summed E-state index contributed by atoms with van der Waals surface area (Å²) in [5.74, 6) is 0. The predicted octanol–water partition coefficient (Wildman–Crippen LogP) is 2.51. The maximum atomic E-state index is 9.62. The van der Waals surface area contributed by atoms with Crippen molar-refractivity contribution >= 4 is 0 Å². The van der Waals surface area contributed by atoms with Gasteiger partial charge in [-0.15, -0.1) is 0 Å². The van der Waals surface area contributed by atoms with Crippen LogP contribution in [0.15, 0.2) is 24.3 Å². The zero-order valence-electron chi connectivity index (χ0n) is 9.95. The van der Waals surface area contributed by atoms with Crippen LogP contribution in [0.1, 0.15) is 49.8 Å². The number of rotatable bonds is 3. The summed E-state index contributed by atoms with van der Waals surface area (Å²) < 4.78 is 0. The second kappa shape index (κ2) is 4.56. The first kappa shape index (κ1) is 11.6. The Morgan fingerprint density at radius 3 is 2.62 bits per heavy atom. The van der Waals surface area contributed by atoms with Crippen LogP contribution in [0.4, 0.5) is 0 Å². The lowest BCUT2D eigenvalue weighted by atomic mass is 9.78. The van der Waals surface area contributed by atoms with Crippen LogP contribution in [0.2, 0.25) is 0 Å². The average Bonchev–Trinajstić information content (AvgIpc) is 2.79. The van der Waals surface area contributed by atoms with Gasteiger partial charge in [-0.3, -0.25) is 0 Å². The van der Waals surface area contributed by atoms with Crippen molar-refractivity contribution in [3.63, 3.8) is 0 Å². The molecule has 0 spiro atoms. The lowest BCUT2D eigenvalue weighted by molar-refractivity contribution is 0.199. The van der Waals surface area contributed by atoms with Crippen LogP contribution in [0.25, 0.3) is 0 Å². The molecule has 16 heavy (non-hydrogen) atoms. The normalized spacial score (nSPS) is 20.9. The topological polar surface area (TPSA) is 46.2 Å². The number of hydrogen-bond donors (Lipinski definition) is 2. The minimum Gasteiger partial charge on any atom is -0.389 e. The molecule has 1 aliphatic rings. The molecule has 2 rings (SSSR count). The first-order valence-corrected chi connectivity index (χ1v) is 6.16. The lowest BCUT2D eigenvalue weighted by Gasteiger charge is -2.28. The molecule has 1 atom stereocenters. The number of benzene rings is 1. The van der Waals surface area contributed by atoms with E-state index >= 15 is 0 Å². The third kappa shape index (κ3) is 2.00. The van der Waals surface area contributed by atoms with Gasteiger partial charge >= 0.3 is 0 Å². The van der Waals surface area contributed by atoms with E-state index in [1.807, 2.05) is 19.1 Å². The molecule has 0 radical (unpaired) electrons. The zero-order chi connectivity index (χ0) is 11.6. The molecule has 0 bridgehead atoms. The molecule has 2 heteroatoms. The van der Waals surface area contributed by atoms with Crippen LogP contribution in [0, 0.1) is 0 Å². The van der Waals surface area contributed by atoms with Crippen LogP contribution >= 0.6 is 0 Å². The zero-order valence-corrected chi connectivity index (χ0v) is 9.95. The van der Waals surface area contributed by atoms with E-state index in [0.29, 0.717) is 0 Å². The fraction of sp³-hybridized carbons (Fsp3) is 0.571. The van der Waals surface area contributed by atoms with Crippen molar-refractivity contribution in [1.82, 2.24) is 0 Å². The van der Waals surface area contributed by atoms with Crippen LogP contribution in [-0.4, -0.2) is 11.7 Å². The second-order valence-corrected chi connectivity index (χ2v) is 4.99. The van der Waals surface area contributed by atoms with Gasteiger partial charge in [0.1, 0.15) is 0 Å². The molecule has 1 aromatic carbocycles. The van der Waals surface area contributed by atoms with E-state index in [4.69, 9.17) is 5.73 Å². The van der Waals surface area contributed by atoms with E-state index in [0.717, 1.165) is 12.1 Å². The molecule has 1 aromatic rings. The summed E-state index contributed by atoms with van der Waals surface area (Å²) in [6.45, 7) is 2.53. The van der Waals surface area contributed by atoms with Crippen molar-refractivity contribution in [3.8, 4) is 0 Å². The number of hydrogen-bond acceptors (Lipinski definition) is 2. The molecule has 1 aliphatic carbocycles. The Labute approximate surface area is 97.5 Å². The SMILES string of the molecule is CC(O)c1cccc(C2(CN)CCCC2)c1. The largest absolute Gasteiger partial charge is 0.389 e. The monoisotopic (exact) mass is 219 g/mol. The molecule has 0 aliphatic heterocycles. The fourth-order valence-corrected chi connectivity index (χ4v) is 2.79. The Hall–Kier alpha value is -0.860. The van der Waals surface area contributed by atoms with Crippen molar-refractivity contribution < 1.29 is 5.11 Å². The molecule has 1 saturated carbocycles. The summed E-state index contributed by atoms with van der Waals surface area (Å²) in [7, 11) is 0. The minimum absolute atomic E-state index is 0.172. The molecule has 88 valence electrons. The maximum Gasteiger partial charge on any atom is 0.0762 e. The second-order valence-electron chi connectivity index (χ2n) is 4.99. The van der Waals surface area contributed by atoms with Gasteiger partial charge in [0.25, 0.3) is 0 Å². The van der Waals surface area contributed by atoms with Gasteiger partial charge in [-0.2, -0.15) is 0 Å². The Morgan fingerprint density at radius 1 is 1.38 bits per heavy atom. The first-order valence-electron chi connectivity index (χ1n) is 6.16. The minimum atomic E-state index is -0.392. The van der Waals surface area contributed by atoms with Crippen LogP contribution in [0.5, 0.6) is 0 Å². The summed E-state index contributed by atoms with van der Waals surface area (Å²) in [5.41, 5.74) is 8.44. The number of aliphatic hydroxyl groups excluding tert-OH is 1. The van der Waals surface area contributed by atoms with Crippen LogP contribution < -0.4 is 5.73 Å². The van der Waals surface area contributed by atoms with Gasteiger partial charge in [-0.05, 0) is 30.9 Å². The third-order valence-corrected chi connectivity index (χ3v) is 3.93. The smallest absolute Gasteiger partial charge is 0.0762 e. The molecular formula is C14H21NO. The Kier molecular flexibility index (Phi) is 3.31. The van der Waals surface area contributed by atoms with Crippen molar-refractivity contribution in [1.29, 1.82) is 0 Å². The van der Waals surface area contributed by atoms with E-state index in [1.165, 1.54) is 31.2 Å². The van der Waals surface area contributed by atoms with Gasteiger partial charge in [0, 0.05) is 12.0 Å². The first-order chi connectivity index (χ1) is 7.68. The van der Waals surface area contributed by atoms with Crippen molar-refractivity contribution in [3.05, 3.63) is 35.4 Å². The van der Waals surface area contributed by atoms with Gasteiger partial charge in [0.15, 0.2) is 0 Å². The quantitative estimate of drug-likeness (QED) is 0.820. The highest BCUT2D eigenvalue weighted by atomic mass is 16.3. The molecule has 0 aromatic heterocycles. The third-order valence-electron chi connectivity index (χ3n) is 3.93. The average molecular weight is 219 g/mol.